The van der Waals surface area contributed by atoms with Gasteiger partial charge in [-0.05, 0) is 26.2 Å². The third-order valence-corrected chi connectivity index (χ3v) is 6.89. The molecule has 3 heterocycles. The summed E-state index contributed by atoms with van der Waals surface area (Å²) in [5.74, 6) is 1.22. The monoisotopic (exact) mass is 430 g/mol. The first kappa shape index (κ1) is 20.9. The summed E-state index contributed by atoms with van der Waals surface area (Å²) in [7, 11) is 0. The van der Waals surface area contributed by atoms with E-state index in [1.807, 2.05) is 4.90 Å². The first-order valence-corrected chi connectivity index (χ1v) is 11.9. The van der Waals surface area contributed by atoms with Crippen LogP contribution >= 0.6 is 0 Å². The van der Waals surface area contributed by atoms with Gasteiger partial charge in [-0.1, -0.05) is 54.1 Å². The summed E-state index contributed by atoms with van der Waals surface area (Å²) in [5.41, 5.74) is 3.24. The number of fused-ring (bicyclic) bond motifs is 1. The number of aryl methyl sites for hydroxylation is 1. The van der Waals surface area contributed by atoms with Crippen molar-refractivity contribution in [1.82, 2.24) is 15.1 Å². The van der Waals surface area contributed by atoms with Gasteiger partial charge in [-0.2, -0.15) is 0 Å². The van der Waals surface area contributed by atoms with Crippen molar-refractivity contribution in [3.8, 4) is 11.3 Å². The topological polar surface area (TPSA) is 53.8 Å². The van der Waals surface area contributed by atoms with Crippen molar-refractivity contribution in [2.75, 3.05) is 50.7 Å². The maximum atomic E-state index is 12.8. The second kappa shape index (κ2) is 9.25. The first-order valence-electron chi connectivity index (χ1n) is 11.9. The second-order valence-corrected chi connectivity index (χ2v) is 9.14. The Hall–Kier alpha value is -2.99. The number of aromatic nitrogens is 2. The summed E-state index contributed by atoms with van der Waals surface area (Å²) >= 11 is 0. The molecular weight excluding hydrogens is 398 g/mol. The molecule has 5 rings (SSSR count). The highest BCUT2D eigenvalue weighted by Gasteiger charge is 2.27. The van der Waals surface area contributed by atoms with Crippen LogP contribution in [0.5, 0.6) is 0 Å². The number of benzene rings is 2. The molecule has 1 N–H and O–H groups in total. The fraction of sp³-hybridized carbons (Fsp3) is 0.423. The lowest BCUT2D eigenvalue weighted by Gasteiger charge is -2.36. The SMILES string of the molecule is Cc1ccc(-c2nnc(N3CCN(C(=O)C[NH+]4CCCCC4)CC3)c3ccccc23)cc1. The maximum absolute atomic E-state index is 12.8. The fourth-order valence-electron chi connectivity index (χ4n) is 4.97. The molecule has 2 aliphatic rings. The van der Waals surface area contributed by atoms with Gasteiger partial charge in [0, 0.05) is 42.5 Å². The van der Waals surface area contributed by atoms with Gasteiger partial charge in [-0.15, -0.1) is 10.2 Å². The van der Waals surface area contributed by atoms with Crippen molar-refractivity contribution in [2.45, 2.75) is 26.2 Å². The summed E-state index contributed by atoms with van der Waals surface area (Å²) in [5, 5.41) is 11.5. The lowest BCUT2D eigenvalue weighted by atomic mass is 10.0. The zero-order chi connectivity index (χ0) is 21.9. The standard InChI is InChI=1S/C26H31N5O/c1-20-9-11-21(12-10-20)25-22-7-3-4-8-23(22)26(28-27-25)31-17-15-30(16-18-31)24(32)19-29-13-5-2-6-14-29/h3-4,7-12H,2,5-6,13-19H2,1H3/p+1. The van der Waals surface area contributed by atoms with E-state index in [9.17, 15) is 4.79 Å². The molecule has 166 valence electrons. The fourth-order valence-corrected chi connectivity index (χ4v) is 4.97. The van der Waals surface area contributed by atoms with E-state index in [4.69, 9.17) is 0 Å². The van der Waals surface area contributed by atoms with E-state index >= 15 is 0 Å². The van der Waals surface area contributed by atoms with Crippen LogP contribution in [-0.4, -0.2) is 66.8 Å². The average Bonchev–Trinajstić information content (AvgIpc) is 2.85. The molecule has 0 atom stereocenters. The number of piperazine rings is 1. The largest absolute Gasteiger partial charge is 0.351 e. The number of quaternary nitrogens is 1. The average molecular weight is 431 g/mol. The number of anilines is 1. The van der Waals surface area contributed by atoms with Crippen LogP contribution in [0.4, 0.5) is 5.82 Å². The normalized spacial score (nSPS) is 17.7. The number of rotatable bonds is 4. The smallest absolute Gasteiger partial charge is 0.277 e. The Balaban J connectivity index is 1.32. The molecule has 6 nitrogen and oxygen atoms in total. The molecule has 2 fully saturated rings. The number of piperidine rings is 1. The zero-order valence-electron chi connectivity index (χ0n) is 18.9. The third kappa shape index (κ3) is 4.32. The highest BCUT2D eigenvalue weighted by Crippen LogP contribution is 2.31. The van der Waals surface area contributed by atoms with Crippen LogP contribution in [0.3, 0.4) is 0 Å². The highest BCUT2D eigenvalue weighted by atomic mass is 16.2. The molecule has 32 heavy (non-hydrogen) atoms. The summed E-state index contributed by atoms with van der Waals surface area (Å²) < 4.78 is 0. The predicted octanol–water partition coefficient (Wildman–Crippen LogP) is 2.32. The third-order valence-electron chi connectivity index (χ3n) is 6.89. The number of amides is 1. The quantitative estimate of drug-likeness (QED) is 0.690. The Bertz CT molecular complexity index is 1080. The molecule has 1 aromatic heterocycles. The van der Waals surface area contributed by atoms with Gasteiger partial charge in [-0.3, -0.25) is 4.79 Å². The lowest BCUT2D eigenvalue weighted by molar-refractivity contribution is -0.897. The van der Waals surface area contributed by atoms with Crippen molar-refractivity contribution in [2.24, 2.45) is 0 Å². The van der Waals surface area contributed by atoms with E-state index in [1.54, 1.807) is 0 Å². The molecule has 3 aromatic rings. The van der Waals surface area contributed by atoms with Gasteiger partial charge in [-0.25, -0.2) is 0 Å². The molecule has 0 bridgehead atoms. The van der Waals surface area contributed by atoms with Crippen molar-refractivity contribution < 1.29 is 9.69 Å². The number of likely N-dealkylation sites (tertiary alicyclic amines) is 1. The van der Waals surface area contributed by atoms with Crippen LogP contribution < -0.4 is 9.80 Å². The van der Waals surface area contributed by atoms with Crippen LogP contribution in [-0.2, 0) is 4.79 Å². The van der Waals surface area contributed by atoms with Crippen molar-refractivity contribution in [3.05, 3.63) is 54.1 Å². The molecule has 0 unspecified atom stereocenters. The first-order chi connectivity index (χ1) is 15.7. The predicted molar refractivity (Wildman–Crippen MR) is 128 cm³/mol. The molecule has 0 aliphatic carbocycles. The summed E-state index contributed by atoms with van der Waals surface area (Å²) in [6.45, 7) is 8.11. The number of nitrogens with one attached hydrogen (secondary N) is 1. The zero-order valence-corrected chi connectivity index (χ0v) is 18.9. The van der Waals surface area contributed by atoms with E-state index in [1.165, 1.54) is 29.7 Å². The van der Waals surface area contributed by atoms with Crippen LogP contribution in [0.1, 0.15) is 24.8 Å². The number of hydrogen-bond acceptors (Lipinski definition) is 4. The highest BCUT2D eigenvalue weighted by molar-refractivity contribution is 6.00. The summed E-state index contributed by atoms with van der Waals surface area (Å²) in [4.78, 5) is 18.6. The summed E-state index contributed by atoms with van der Waals surface area (Å²) in [6, 6.07) is 16.8. The molecule has 2 aromatic carbocycles. The van der Waals surface area contributed by atoms with E-state index in [0.717, 1.165) is 67.1 Å². The number of carbonyl (C=O) groups excluding carboxylic acids is 1. The molecule has 1 amide bonds. The molecular formula is C26H32N5O+. The van der Waals surface area contributed by atoms with Crippen molar-refractivity contribution in [1.29, 1.82) is 0 Å². The van der Waals surface area contributed by atoms with Gasteiger partial charge in [0.05, 0.1) is 13.1 Å². The molecule has 6 heteroatoms. The molecule has 2 aliphatic heterocycles. The lowest BCUT2D eigenvalue weighted by Crippen LogP contribution is -3.13. The van der Waals surface area contributed by atoms with Crippen molar-refractivity contribution in [3.63, 3.8) is 0 Å². The van der Waals surface area contributed by atoms with Gasteiger partial charge in [0.2, 0.25) is 0 Å². The van der Waals surface area contributed by atoms with Gasteiger partial charge < -0.3 is 14.7 Å². The van der Waals surface area contributed by atoms with E-state index in [2.05, 4.69) is 70.6 Å². The minimum absolute atomic E-state index is 0.298. The number of hydrogen-bond donors (Lipinski definition) is 1. The minimum atomic E-state index is 0.298. The van der Waals surface area contributed by atoms with Crippen LogP contribution in [0.2, 0.25) is 0 Å². The Labute approximate surface area is 189 Å². The Kier molecular flexibility index (Phi) is 6.04. The van der Waals surface area contributed by atoms with E-state index in [0.29, 0.717) is 12.5 Å². The number of carbonyl (C=O) groups is 1. The van der Waals surface area contributed by atoms with Crippen molar-refractivity contribution >= 4 is 22.5 Å². The molecule has 0 saturated carbocycles. The Morgan fingerprint density at radius 3 is 2.28 bits per heavy atom. The van der Waals surface area contributed by atoms with E-state index < -0.39 is 0 Å². The van der Waals surface area contributed by atoms with E-state index in [-0.39, 0.29) is 0 Å². The molecule has 0 radical (unpaired) electrons. The van der Waals surface area contributed by atoms with Gasteiger partial charge >= 0.3 is 0 Å². The Morgan fingerprint density at radius 1 is 0.875 bits per heavy atom. The minimum Gasteiger partial charge on any atom is -0.351 e. The molecule has 2 saturated heterocycles. The Morgan fingerprint density at radius 2 is 1.56 bits per heavy atom. The summed E-state index contributed by atoms with van der Waals surface area (Å²) in [6.07, 6.45) is 3.81. The van der Waals surface area contributed by atoms with Crippen LogP contribution in [0, 0.1) is 6.92 Å². The van der Waals surface area contributed by atoms with Crippen LogP contribution in [0.25, 0.3) is 22.0 Å². The van der Waals surface area contributed by atoms with Gasteiger partial charge in [0.25, 0.3) is 5.91 Å². The van der Waals surface area contributed by atoms with Crippen LogP contribution in [0.15, 0.2) is 48.5 Å². The number of nitrogens with zero attached hydrogens (tertiary/aromatic N) is 4. The van der Waals surface area contributed by atoms with Gasteiger partial charge in [0.15, 0.2) is 12.4 Å². The molecule has 0 spiro atoms. The second-order valence-electron chi connectivity index (χ2n) is 9.14. The van der Waals surface area contributed by atoms with Gasteiger partial charge in [0.1, 0.15) is 5.69 Å². The maximum Gasteiger partial charge on any atom is 0.277 e.